The molecule has 1 aliphatic heterocycles. The van der Waals surface area contributed by atoms with E-state index in [0.29, 0.717) is 17.7 Å². The SMILES string of the molecule is CCCC1NC(C(C)CC)C(=O)N1CCC(C)C. The van der Waals surface area contributed by atoms with Crippen molar-refractivity contribution in [3.05, 3.63) is 0 Å². The molecule has 1 aliphatic rings. The summed E-state index contributed by atoms with van der Waals surface area (Å²) in [5.41, 5.74) is 0. The molecule has 0 aromatic rings. The molecule has 0 radical (unpaired) electrons. The van der Waals surface area contributed by atoms with Crippen LogP contribution in [0.2, 0.25) is 0 Å². The Kier molecular flexibility index (Phi) is 6.13. The first kappa shape index (κ1) is 15.5. The van der Waals surface area contributed by atoms with E-state index in [9.17, 15) is 4.79 Å². The Morgan fingerprint density at radius 1 is 1.28 bits per heavy atom. The van der Waals surface area contributed by atoms with Gasteiger partial charge in [-0.2, -0.15) is 0 Å². The summed E-state index contributed by atoms with van der Waals surface area (Å²) in [5.74, 6) is 1.41. The van der Waals surface area contributed by atoms with E-state index in [2.05, 4.69) is 44.8 Å². The number of rotatable bonds is 7. The van der Waals surface area contributed by atoms with Gasteiger partial charge in [-0.05, 0) is 24.7 Å². The lowest BCUT2D eigenvalue weighted by Gasteiger charge is -2.24. The zero-order chi connectivity index (χ0) is 13.7. The minimum atomic E-state index is 0.0405. The van der Waals surface area contributed by atoms with Gasteiger partial charge in [0.15, 0.2) is 0 Å². The molecule has 0 spiro atoms. The van der Waals surface area contributed by atoms with E-state index in [1.165, 1.54) is 0 Å². The van der Waals surface area contributed by atoms with E-state index in [0.717, 1.165) is 32.2 Å². The summed E-state index contributed by atoms with van der Waals surface area (Å²) >= 11 is 0. The molecular formula is C15H30N2O. The Bertz CT molecular complexity index is 265. The molecule has 3 atom stereocenters. The average Bonchev–Trinajstić information content (AvgIpc) is 2.63. The van der Waals surface area contributed by atoms with Crippen molar-refractivity contribution in [3.63, 3.8) is 0 Å². The van der Waals surface area contributed by atoms with Crippen LogP contribution in [0.25, 0.3) is 0 Å². The van der Waals surface area contributed by atoms with Crippen molar-refractivity contribution >= 4 is 5.91 Å². The van der Waals surface area contributed by atoms with E-state index < -0.39 is 0 Å². The first-order valence-electron chi connectivity index (χ1n) is 7.57. The molecule has 0 aliphatic carbocycles. The van der Waals surface area contributed by atoms with Gasteiger partial charge in [-0.15, -0.1) is 0 Å². The zero-order valence-corrected chi connectivity index (χ0v) is 12.7. The van der Waals surface area contributed by atoms with Gasteiger partial charge in [0, 0.05) is 6.54 Å². The molecule has 1 fully saturated rings. The fourth-order valence-electron chi connectivity index (χ4n) is 2.52. The molecule has 3 unspecified atom stereocenters. The highest BCUT2D eigenvalue weighted by atomic mass is 16.2. The molecule has 1 heterocycles. The van der Waals surface area contributed by atoms with E-state index >= 15 is 0 Å². The molecule has 1 amide bonds. The quantitative estimate of drug-likeness (QED) is 0.757. The first-order valence-corrected chi connectivity index (χ1v) is 7.57. The molecule has 0 aromatic carbocycles. The third-order valence-electron chi connectivity index (χ3n) is 4.02. The van der Waals surface area contributed by atoms with E-state index in [4.69, 9.17) is 0 Å². The molecular weight excluding hydrogens is 224 g/mol. The van der Waals surface area contributed by atoms with Crippen molar-refractivity contribution in [2.24, 2.45) is 11.8 Å². The van der Waals surface area contributed by atoms with Crippen LogP contribution in [-0.4, -0.2) is 29.6 Å². The lowest BCUT2D eigenvalue weighted by molar-refractivity contribution is -0.131. The molecule has 0 aromatic heterocycles. The Balaban J connectivity index is 2.68. The Labute approximate surface area is 112 Å². The third-order valence-corrected chi connectivity index (χ3v) is 4.02. The third kappa shape index (κ3) is 3.71. The summed E-state index contributed by atoms with van der Waals surface area (Å²) in [6.45, 7) is 11.9. The summed E-state index contributed by atoms with van der Waals surface area (Å²) in [6, 6.07) is 0.0405. The van der Waals surface area contributed by atoms with Gasteiger partial charge < -0.3 is 4.90 Å². The Morgan fingerprint density at radius 3 is 2.44 bits per heavy atom. The second-order valence-corrected chi connectivity index (χ2v) is 6.05. The summed E-state index contributed by atoms with van der Waals surface area (Å²) in [5, 5.41) is 3.54. The van der Waals surface area contributed by atoms with Crippen LogP contribution in [0.15, 0.2) is 0 Å². The molecule has 0 saturated carbocycles. The molecule has 18 heavy (non-hydrogen) atoms. The van der Waals surface area contributed by atoms with Crippen LogP contribution in [0.3, 0.4) is 0 Å². The fourth-order valence-corrected chi connectivity index (χ4v) is 2.52. The molecule has 3 nitrogen and oxygen atoms in total. The van der Waals surface area contributed by atoms with Gasteiger partial charge in [-0.25, -0.2) is 0 Å². The number of hydrogen-bond acceptors (Lipinski definition) is 2. The molecule has 1 N–H and O–H groups in total. The first-order chi connectivity index (χ1) is 8.51. The maximum absolute atomic E-state index is 12.5. The highest BCUT2D eigenvalue weighted by molar-refractivity contribution is 5.84. The number of amides is 1. The van der Waals surface area contributed by atoms with E-state index in [1.807, 2.05) is 0 Å². The highest BCUT2D eigenvalue weighted by Gasteiger charge is 2.39. The minimum Gasteiger partial charge on any atom is -0.326 e. The van der Waals surface area contributed by atoms with Gasteiger partial charge >= 0.3 is 0 Å². The van der Waals surface area contributed by atoms with Crippen molar-refractivity contribution in [1.29, 1.82) is 0 Å². The summed E-state index contributed by atoms with van der Waals surface area (Å²) in [6.07, 6.45) is 4.61. The van der Waals surface area contributed by atoms with Crippen LogP contribution < -0.4 is 5.32 Å². The number of nitrogens with zero attached hydrogens (tertiary/aromatic N) is 1. The minimum absolute atomic E-state index is 0.0405. The van der Waals surface area contributed by atoms with Gasteiger partial charge in [0.05, 0.1) is 12.2 Å². The van der Waals surface area contributed by atoms with Crippen molar-refractivity contribution in [2.45, 2.75) is 72.5 Å². The van der Waals surface area contributed by atoms with Crippen LogP contribution in [0.1, 0.15) is 60.3 Å². The predicted octanol–water partition coefficient (Wildman–Crippen LogP) is 3.01. The molecule has 1 saturated heterocycles. The summed E-state index contributed by atoms with van der Waals surface area (Å²) in [4.78, 5) is 14.6. The molecule has 3 heteroatoms. The Morgan fingerprint density at radius 2 is 1.94 bits per heavy atom. The van der Waals surface area contributed by atoms with Crippen molar-refractivity contribution in [2.75, 3.05) is 6.54 Å². The summed E-state index contributed by atoms with van der Waals surface area (Å²) in [7, 11) is 0. The maximum atomic E-state index is 12.5. The zero-order valence-electron chi connectivity index (χ0n) is 12.7. The lowest BCUT2D eigenvalue weighted by Crippen LogP contribution is -2.38. The number of nitrogens with one attached hydrogen (secondary N) is 1. The number of carbonyl (C=O) groups excluding carboxylic acids is 1. The second kappa shape index (κ2) is 7.13. The van der Waals surface area contributed by atoms with Gasteiger partial charge in [-0.3, -0.25) is 10.1 Å². The van der Waals surface area contributed by atoms with Crippen molar-refractivity contribution in [3.8, 4) is 0 Å². The Hall–Kier alpha value is -0.570. The second-order valence-electron chi connectivity index (χ2n) is 6.05. The van der Waals surface area contributed by atoms with Crippen LogP contribution in [0, 0.1) is 11.8 Å². The van der Waals surface area contributed by atoms with Crippen LogP contribution in [-0.2, 0) is 4.79 Å². The molecule has 106 valence electrons. The fraction of sp³-hybridized carbons (Fsp3) is 0.933. The van der Waals surface area contributed by atoms with Crippen LogP contribution in [0.4, 0.5) is 0 Å². The van der Waals surface area contributed by atoms with Gasteiger partial charge in [-0.1, -0.05) is 47.5 Å². The van der Waals surface area contributed by atoms with Crippen molar-refractivity contribution in [1.82, 2.24) is 10.2 Å². The van der Waals surface area contributed by atoms with Gasteiger partial charge in [0.1, 0.15) is 0 Å². The van der Waals surface area contributed by atoms with Crippen LogP contribution in [0.5, 0.6) is 0 Å². The maximum Gasteiger partial charge on any atom is 0.241 e. The van der Waals surface area contributed by atoms with Gasteiger partial charge in [0.2, 0.25) is 5.91 Å². The number of hydrogen-bond donors (Lipinski definition) is 1. The topological polar surface area (TPSA) is 32.3 Å². The normalized spacial score (nSPS) is 26.1. The average molecular weight is 254 g/mol. The molecule has 0 bridgehead atoms. The monoisotopic (exact) mass is 254 g/mol. The van der Waals surface area contributed by atoms with Gasteiger partial charge in [0.25, 0.3) is 0 Å². The largest absolute Gasteiger partial charge is 0.326 e. The lowest BCUT2D eigenvalue weighted by atomic mass is 9.99. The summed E-state index contributed by atoms with van der Waals surface area (Å²) < 4.78 is 0. The van der Waals surface area contributed by atoms with Crippen LogP contribution >= 0.6 is 0 Å². The van der Waals surface area contributed by atoms with E-state index in [-0.39, 0.29) is 12.2 Å². The van der Waals surface area contributed by atoms with Crippen molar-refractivity contribution < 1.29 is 4.79 Å². The molecule has 1 rings (SSSR count). The standard InChI is InChI=1S/C15H30N2O/c1-6-8-13-16-14(12(5)7-2)15(18)17(13)10-9-11(3)4/h11-14,16H,6-10H2,1-5H3. The number of carbonyl (C=O) groups is 1. The highest BCUT2D eigenvalue weighted by Crippen LogP contribution is 2.22. The predicted molar refractivity (Wildman–Crippen MR) is 76.2 cm³/mol. The smallest absolute Gasteiger partial charge is 0.241 e. The van der Waals surface area contributed by atoms with E-state index in [1.54, 1.807) is 0 Å².